The van der Waals surface area contributed by atoms with E-state index in [1.165, 1.54) is 4.90 Å². The number of amides is 4. The van der Waals surface area contributed by atoms with Gasteiger partial charge in [-0.1, -0.05) is 30.3 Å². The van der Waals surface area contributed by atoms with Crippen molar-refractivity contribution in [3.05, 3.63) is 53.3 Å². The fourth-order valence-corrected chi connectivity index (χ4v) is 3.25. The Kier molecular flexibility index (Phi) is 6.08. The SMILES string of the molecule is Cc1cc(C)n(CCNC(=O)CCC2NC(=O)N(Cc3ccccc3)C2=O)n1. The molecule has 1 saturated heterocycles. The van der Waals surface area contributed by atoms with E-state index in [1.807, 2.05) is 54.9 Å². The molecule has 148 valence electrons. The second kappa shape index (κ2) is 8.69. The minimum atomic E-state index is -0.655. The molecule has 1 aromatic heterocycles. The Balaban J connectivity index is 1.42. The minimum absolute atomic E-state index is 0.148. The molecule has 0 saturated carbocycles. The summed E-state index contributed by atoms with van der Waals surface area (Å²) in [4.78, 5) is 37.8. The van der Waals surface area contributed by atoms with Gasteiger partial charge in [-0.2, -0.15) is 5.10 Å². The van der Waals surface area contributed by atoms with Gasteiger partial charge in [-0.15, -0.1) is 0 Å². The van der Waals surface area contributed by atoms with Crippen molar-refractivity contribution in [2.24, 2.45) is 0 Å². The van der Waals surface area contributed by atoms with E-state index in [9.17, 15) is 14.4 Å². The van der Waals surface area contributed by atoms with Crippen LogP contribution in [0.5, 0.6) is 0 Å². The van der Waals surface area contributed by atoms with Gasteiger partial charge in [-0.3, -0.25) is 19.2 Å². The lowest BCUT2D eigenvalue weighted by molar-refractivity contribution is -0.128. The van der Waals surface area contributed by atoms with Crippen LogP contribution in [-0.2, 0) is 22.7 Å². The first kappa shape index (κ1) is 19.6. The third-order valence-electron chi connectivity index (χ3n) is 4.70. The number of urea groups is 1. The molecule has 1 fully saturated rings. The number of aryl methyl sites for hydroxylation is 2. The van der Waals surface area contributed by atoms with E-state index in [4.69, 9.17) is 0 Å². The van der Waals surface area contributed by atoms with E-state index in [0.29, 0.717) is 13.1 Å². The summed E-state index contributed by atoms with van der Waals surface area (Å²) >= 11 is 0. The van der Waals surface area contributed by atoms with E-state index in [0.717, 1.165) is 17.0 Å². The van der Waals surface area contributed by atoms with Crippen LogP contribution in [0.2, 0.25) is 0 Å². The van der Waals surface area contributed by atoms with Crippen molar-refractivity contribution < 1.29 is 14.4 Å². The second-order valence-corrected chi connectivity index (χ2v) is 6.95. The lowest BCUT2D eigenvalue weighted by Crippen LogP contribution is -2.33. The molecule has 1 aliphatic rings. The lowest BCUT2D eigenvalue weighted by atomic mass is 10.1. The highest BCUT2D eigenvalue weighted by molar-refractivity contribution is 6.04. The van der Waals surface area contributed by atoms with Crippen LogP contribution in [0.3, 0.4) is 0 Å². The predicted molar refractivity (Wildman–Crippen MR) is 103 cm³/mol. The number of hydrogen-bond acceptors (Lipinski definition) is 4. The van der Waals surface area contributed by atoms with Crippen LogP contribution in [-0.4, -0.2) is 45.1 Å². The van der Waals surface area contributed by atoms with Gasteiger partial charge in [0.25, 0.3) is 5.91 Å². The topological polar surface area (TPSA) is 96.3 Å². The molecule has 1 atom stereocenters. The van der Waals surface area contributed by atoms with Crippen molar-refractivity contribution in [2.75, 3.05) is 6.54 Å². The Morgan fingerprint density at radius 3 is 2.64 bits per heavy atom. The number of nitrogens with one attached hydrogen (secondary N) is 2. The molecule has 8 heteroatoms. The number of carbonyl (C=O) groups is 3. The zero-order valence-electron chi connectivity index (χ0n) is 16.1. The highest BCUT2D eigenvalue weighted by Crippen LogP contribution is 2.15. The average molecular weight is 383 g/mol. The van der Waals surface area contributed by atoms with Crippen molar-refractivity contribution in [3.63, 3.8) is 0 Å². The fourth-order valence-electron chi connectivity index (χ4n) is 3.25. The average Bonchev–Trinajstić information content (AvgIpc) is 3.13. The van der Waals surface area contributed by atoms with Gasteiger partial charge in [0.05, 0.1) is 18.8 Å². The third kappa shape index (κ3) is 4.76. The van der Waals surface area contributed by atoms with E-state index in [-0.39, 0.29) is 31.2 Å². The first-order valence-electron chi connectivity index (χ1n) is 9.37. The fraction of sp³-hybridized carbons (Fsp3) is 0.400. The quantitative estimate of drug-likeness (QED) is 0.676. The van der Waals surface area contributed by atoms with Gasteiger partial charge in [0, 0.05) is 18.7 Å². The molecule has 0 bridgehead atoms. The van der Waals surface area contributed by atoms with Crippen LogP contribution >= 0.6 is 0 Å². The number of aromatic nitrogens is 2. The van der Waals surface area contributed by atoms with Crippen molar-refractivity contribution in [1.82, 2.24) is 25.3 Å². The maximum absolute atomic E-state index is 12.5. The van der Waals surface area contributed by atoms with E-state index in [2.05, 4.69) is 15.7 Å². The number of hydrogen-bond donors (Lipinski definition) is 2. The number of benzene rings is 1. The summed E-state index contributed by atoms with van der Waals surface area (Å²) in [5.41, 5.74) is 2.87. The zero-order chi connectivity index (χ0) is 20.1. The monoisotopic (exact) mass is 383 g/mol. The Bertz CT molecular complexity index is 862. The molecule has 0 aliphatic carbocycles. The van der Waals surface area contributed by atoms with Crippen molar-refractivity contribution in [1.29, 1.82) is 0 Å². The van der Waals surface area contributed by atoms with Crippen LogP contribution in [0, 0.1) is 13.8 Å². The van der Waals surface area contributed by atoms with E-state index < -0.39 is 12.1 Å². The molecule has 0 spiro atoms. The molecule has 3 rings (SSSR count). The van der Waals surface area contributed by atoms with E-state index >= 15 is 0 Å². The zero-order valence-corrected chi connectivity index (χ0v) is 16.1. The third-order valence-corrected chi connectivity index (χ3v) is 4.70. The van der Waals surface area contributed by atoms with Crippen molar-refractivity contribution in [3.8, 4) is 0 Å². The molecular formula is C20H25N5O3. The molecule has 2 aromatic rings. The summed E-state index contributed by atoms with van der Waals surface area (Å²) in [6.07, 6.45) is 0.453. The van der Waals surface area contributed by atoms with Crippen LogP contribution in [0.4, 0.5) is 4.79 Å². The molecule has 28 heavy (non-hydrogen) atoms. The number of carbonyl (C=O) groups excluding carboxylic acids is 3. The summed E-state index contributed by atoms with van der Waals surface area (Å²) in [5, 5.41) is 9.84. The van der Waals surface area contributed by atoms with Crippen LogP contribution in [0.25, 0.3) is 0 Å². The molecule has 2 heterocycles. The van der Waals surface area contributed by atoms with Gasteiger partial charge in [0.15, 0.2) is 0 Å². The highest BCUT2D eigenvalue weighted by atomic mass is 16.2. The first-order chi connectivity index (χ1) is 13.4. The maximum Gasteiger partial charge on any atom is 0.325 e. The van der Waals surface area contributed by atoms with Gasteiger partial charge in [0.2, 0.25) is 5.91 Å². The van der Waals surface area contributed by atoms with Gasteiger partial charge in [-0.25, -0.2) is 4.79 Å². The standard InChI is InChI=1S/C20H25N5O3/c1-14-12-15(2)25(23-14)11-10-21-18(26)9-8-17-19(27)24(20(28)22-17)13-16-6-4-3-5-7-16/h3-7,12,17H,8-11,13H2,1-2H3,(H,21,26)(H,22,28). The Hall–Kier alpha value is -3.16. The maximum atomic E-state index is 12.5. The first-order valence-corrected chi connectivity index (χ1v) is 9.37. The predicted octanol–water partition coefficient (Wildman–Crippen LogP) is 1.52. The molecule has 1 aliphatic heterocycles. The lowest BCUT2D eigenvalue weighted by Gasteiger charge is -2.13. The van der Waals surface area contributed by atoms with Crippen LogP contribution in [0.1, 0.15) is 29.8 Å². The number of nitrogens with zero attached hydrogens (tertiary/aromatic N) is 3. The van der Waals surface area contributed by atoms with Crippen molar-refractivity contribution in [2.45, 2.75) is 45.8 Å². The summed E-state index contributed by atoms with van der Waals surface area (Å²) < 4.78 is 1.85. The molecule has 4 amide bonds. The van der Waals surface area contributed by atoms with Crippen LogP contribution < -0.4 is 10.6 Å². The molecule has 8 nitrogen and oxygen atoms in total. The molecule has 1 aromatic carbocycles. The van der Waals surface area contributed by atoms with Gasteiger partial charge in [-0.05, 0) is 31.9 Å². The summed E-state index contributed by atoms with van der Waals surface area (Å²) in [5.74, 6) is -0.436. The summed E-state index contributed by atoms with van der Waals surface area (Å²) in [7, 11) is 0. The van der Waals surface area contributed by atoms with Crippen LogP contribution in [0.15, 0.2) is 36.4 Å². The van der Waals surface area contributed by atoms with Gasteiger partial charge in [0.1, 0.15) is 6.04 Å². The summed E-state index contributed by atoms with van der Waals surface area (Å²) in [6, 6.07) is 10.3. The number of imide groups is 1. The second-order valence-electron chi connectivity index (χ2n) is 6.95. The molecule has 2 N–H and O–H groups in total. The van der Waals surface area contributed by atoms with Crippen molar-refractivity contribution >= 4 is 17.8 Å². The highest BCUT2D eigenvalue weighted by Gasteiger charge is 2.37. The molecule has 0 radical (unpaired) electrons. The Morgan fingerprint density at radius 2 is 1.96 bits per heavy atom. The summed E-state index contributed by atoms with van der Waals surface area (Å²) in [6.45, 7) is 5.19. The van der Waals surface area contributed by atoms with E-state index in [1.54, 1.807) is 0 Å². The molecular weight excluding hydrogens is 358 g/mol. The van der Waals surface area contributed by atoms with Gasteiger partial charge >= 0.3 is 6.03 Å². The Labute approximate surface area is 163 Å². The normalized spacial score (nSPS) is 16.4. The largest absolute Gasteiger partial charge is 0.354 e. The molecule has 1 unspecified atom stereocenters. The smallest absolute Gasteiger partial charge is 0.325 e. The Morgan fingerprint density at radius 1 is 1.21 bits per heavy atom. The van der Waals surface area contributed by atoms with Gasteiger partial charge < -0.3 is 10.6 Å². The number of rotatable bonds is 8. The minimum Gasteiger partial charge on any atom is -0.354 e.